The first-order valence-corrected chi connectivity index (χ1v) is 1.17. The van der Waals surface area contributed by atoms with Crippen LogP contribution < -0.4 is 29.6 Å². The van der Waals surface area contributed by atoms with Gasteiger partial charge in [-0.1, -0.05) is 0 Å². The van der Waals surface area contributed by atoms with Gasteiger partial charge in [-0.05, 0) is 0 Å². The second kappa shape index (κ2) is 8.83. The van der Waals surface area contributed by atoms with E-state index in [0.29, 0.717) is 6.54 Å². The van der Waals surface area contributed by atoms with Crippen LogP contribution in [0.1, 0.15) is 0 Å². The van der Waals surface area contributed by atoms with Crippen molar-refractivity contribution in [3.05, 3.63) is 18.4 Å². The van der Waals surface area contributed by atoms with E-state index in [1.807, 2.05) is 0 Å². The van der Waals surface area contributed by atoms with Crippen molar-refractivity contribution < 1.29 is 29.6 Å². The molecule has 0 aromatic carbocycles. The zero-order valence-electron chi connectivity index (χ0n) is 3.49. The van der Waals surface area contributed by atoms with E-state index < -0.39 is 0 Å². The third kappa shape index (κ3) is 11.9. The topological polar surface area (TPSA) is 23.8 Å². The van der Waals surface area contributed by atoms with Crippen molar-refractivity contribution in [1.29, 1.82) is 0 Å². The van der Waals surface area contributed by atoms with Gasteiger partial charge < -0.3 is 5.73 Å². The molecule has 24 valence electrons. The van der Waals surface area contributed by atoms with Crippen molar-refractivity contribution in [3.8, 4) is 0 Å². The monoisotopic (exact) mass is 79.0 g/mol. The second-order valence-corrected chi connectivity index (χ2v) is 0.493. The first-order valence-electron chi connectivity index (χ1n) is 1.17. The van der Waals surface area contributed by atoms with E-state index in [0.717, 1.165) is 0 Å². The Morgan fingerprint density at radius 3 is 2.00 bits per heavy atom. The average molecular weight is 79.1 g/mol. The summed E-state index contributed by atoms with van der Waals surface area (Å²) < 4.78 is 0. The van der Waals surface area contributed by atoms with Gasteiger partial charge in [0.05, 0.1) is 0 Å². The molecule has 0 spiro atoms. The molecular formula is C3H6NNa. The Balaban J connectivity index is 0. The summed E-state index contributed by atoms with van der Waals surface area (Å²) in [6.45, 7) is 3.62. The van der Waals surface area contributed by atoms with Crippen molar-refractivity contribution in [3.63, 3.8) is 0 Å². The summed E-state index contributed by atoms with van der Waals surface area (Å²) in [5.41, 5.74) is 6.33. The Hall–Kier alpha value is 0.700. The number of nitrogens with one attached hydrogen (secondary N) is 1. The van der Waals surface area contributed by atoms with Crippen LogP contribution in [0.15, 0.2) is 12.7 Å². The first-order chi connectivity index (χ1) is 1.91. The van der Waals surface area contributed by atoms with Crippen molar-refractivity contribution in [1.82, 2.24) is 0 Å². The van der Waals surface area contributed by atoms with Crippen molar-refractivity contribution in [2.24, 2.45) is 0 Å². The van der Waals surface area contributed by atoms with Crippen molar-refractivity contribution in [2.75, 3.05) is 6.54 Å². The molecule has 0 fully saturated rings. The fraction of sp³-hybridized carbons (Fsp3) is 0.333. The fourth-order valence-corrected chi connectivity index (χ4v) is 0. The molecule has 0 atom stereocenters. The van der Waals surface area contributed by atoms with Gasteiger partial charge >= 0.3 is 29.6 Å². The van der Waals surface area contributed by atoms with Gasteiger partial charge in [0.1, 0.15) is 0 Å². The van der Waals surface area contributed by atoms with Crippen LogP contribution >= 0.6 is 0 Å². The SMILES string of the molecule is C=CC[NH-].[Na+]. The second-order valence-electron chi connectivity index (χ2n) is 0.493. The summed E-state index contributed by atoms with van der Waals surface area (Å²) in [6.07, 6.45) is 1.54. The molecule has 0 rings (SSSR count). The quantitative estimate of drug-likeness (QED) is 0.262. The maximum atomic E-state index is 6.33. The van der Waals surface area contributed by atoms with Gasteiger partial charge in [-0.2, -0.15) is 0 Å². The summed E-state index contributed by atoms with van der Waals surface area (Å²) in [4.78, 5) is 0. The molecule has 0 saturated carbocycles. The Kier molecular flexibility index (Phi) is 16.2. The number of rotatable bonds is 1. The fourth-order valence-electron chi connectivity index (χ4n) is 0. The molecule has 0 aromatic heterocycles. The predicted molar refractivity (Wildman–Crippen MR) is 19.4 cm³/mol. The molecule has 0 heterocycles. The zero-order chi connectivity index (χ0) is 3.41. The van der Waals surface area contributed by atoms with Gasteiger partial charge in [-0.25, -0.2) is 0 Å². The number of hydrogen-bond donors (Lipinski definition) is 0. The molecular weight excluding hydrogens is 73.0 g/mol. The van der Waals surface area contributed by atoms with E-state index in [2.05, 4.69) is 6.58 Å². The normalized spacial score (nSPS) is 5.00. The van der Waals surface area contributed by atoms with E-state index in [4.69, 9.17) is 5.73 Å². The summed E-state index contributed by atoms with van der Waals surface area (Å²) in [5, 5.41) is 0. The zero-order valence-corrected chi connectivity index (χ0v) is 5.49. The minimum atomic E-state index is 0. The first kappa shape index (κ1) is 9.20. The van der Waals surface area contributed by atoms with Gasteiger partial charge in [0.2, 0.25) is 0 Å². The molecule has 0 aliphatic rings. The van der Waals surface area contributed by atoms with Crippen LogP contribution in [0.3, 0.4) is 0 Å². The van der Waals surface area contributed by atoms with Crippen molar-refractivity contribution in [2.45, 2.75) is 0 Å². The maximum Gasteiger partial charge on any atom is 1.00 e. The molecule has 2 heteroatoms. The van der Waals surface area contributed by atoms with Gasteiger partial charge in [0, 0.05) is 0 Å². The summed E-state index contributed by atoms with van der Waals surface area (Å²) in [5.74, 6) is 0. The Morgan fingerprint density at radius 1 is 1.80 bits per heavy atom. The van der Waals surface area contributed by atoms with Crippen LogP contribution in [0, 0.1) is 0 Å². The molecule has 0 aliphatic carbocycles. The van der Waals surface area contributed by atoms with Gasteiger partial charge in [-0.3, -0.25) is 0 Å². The molecule has 1 N–H and O–H groups in total. The predicted octanol–water partition coefficient (Wildman–Crippen LogP) is -1.77. The molecule has 0 amide bonds. The van der Waals surface area contributed by atoms with E-state index in [9.17, 15) is 0 Å². The van der Waals surface area contributed by atoms with Gasteiger partial charge in [0.15, 0.2) is 0 Å². The molecule has 0 aliphatic heterocycles. The van der Waals surface area contributed by atoms with E-state index >= 15 is 0 Å². The molecule has 0 saturated heterocycles. The third-order valence-electron chi connectivity index (χ3n) is 0.144. The Labute approximate surface area is 54.5 Å². The van der Waals surface area contributed by atoms with Gasteiger partial charge in [0.25, 0.3) is 0 Å². The Morgan fingerprint density at radius 2 is 2.00 bits per heavy atom. The minimum absolute atomic E-state index is 0. The van der Waals surface area contributed by atoms with E-state index in [1.165, 1.54) is 0 Å². The molecule has 0 radical (unpaired) electrons. The summed E-state index contributed by atoms with van der Waals surface area (Å²) in [7, 11) is 0. The van der Waals surface area contributed by atoms with Crippen LogP contribution in [-0.4, -0.2) is 6.54 Å². The largest absolute Gasteiger partial charge is 1.00 e. The van der Waals surface area contributed by atoms with Crippen LogP contribution in [0.25, 0.3) is 5.73 Å². The van der Waals surface area contributed by atoms with E-state index in [-0.39, 0.29) is 29.6 Å². The number of hydrogen-bond acceptors (Lipinski definition) is 0. The molecule has 0 aromatic rings. The standard InChI is InChI=1S/C3H6N.Na/c1-2-3-4;/h2,4H,1,3H2;/q-1;+1. The third-order valence-corrected chi connectivity index (χ3v) is 0.144. The summed E-state index contributed by atoms with van der Waals surface area (Å²) >= 11 is 0. The summed E-state index contributed by atoms with van der Waals surface area (Å²) in [6, 6.07) is 0. The van der Waals surface area contributed by atoms with Crippen LogP contribution in [0.2, 0.25) is 0 Å². The minimum Gasteiger partial charge on any atom is -0.674 e. The molecule has 0 bridgehead atoms. The van der Waals surface area contributed by atoms with Crippen LogP contribution in [0.4, 0.5) is 0 Å². The molecule has 5 heavy (non-hydrogen) atoms. The maximum absolute atomic E-state index is 6.33. The molecule has 1 nitrogen and oxygen atoms in total. The Bertz CT molecular complexity index is 20.9. The van der Waals surface area contributed by atoms with E-state index in [1.54, 1.807) is 6.08 Å². The average Bonchev–Trinajstić information content (AvgIpc) is 1.37. The smallest absolute Gasteiger partial charge is 0.674 e. The van der Waals surface area contributed by atoms with Crippen LogP contribution in [0.5, 0.6) is 0 Å². The van der Waals surface area contributed by atoms with Crippen molar-refractivity contribution >= 4 is 0 Å². The van der Waals surface area contributed by atoms with Crippen LogP contribution in [-0.2, 0) is 0 Å². The van der Waals surface area contributed by atoms with Gasteiger partial charge in [-0.15, -0.1) is 19.2 Å². The molecule has 0 unspecified atom stereocenters.